The average Bonchev–Trinajstić information content (AvgIpc) is 3.36. The number of carbonyl (C=O) groups excluding carboxylic acids is 2. The predicted molar refractivity (Wildman–Crippen MR) is 77.6 cm³/mol. The Morgan fingerprint density at radius 1 is 1.00 bits per heavy atom. The molecule has 1 saturated heterocycles. The molecule has 1 aromatic rings. The highest BCUT2D eigenvalue weighted by atomic mass is 16.3. The molecule has 3 rings (SSSR count). The Hall–Kier alpha value is -1.88. The van der Waals surface area contributed by atoms with Crippen molar-refractivity contribution in [3.63, 3.8) is 0 Å². The molecule has 5 heteroatoms. The van der Waals surface area contributed by atoms with Gasteiger partial charge in [0, 0.05) is 26.2 Å². The summed E-state index contributed by atoms with van der Waals surface area (Å²) in [5.74, 6) is -0.0731. The van der Waals surface area contributed by atoms with Gasteiger partial charge in [0.1, 0.15) is 6.61 Å². The van der Waals surface area contributed by atoms with Crippen LogP contribution in [0.1, 0.15) is 18.4 Å². The maximum atomic E-state index is 12.8. The first-order valence-corrected chi connectivity index (χ1v) is 7.41. The third-order valence-corrected chi connectivity index (χ3v) is 4.54. The fraction of sp³-hybridized carbons (Fsp3) is 0.500. The first kappa shape index (κ1) is 14.1. The molecule has 112 valence electrons. The van der Waals surface area contributed by atoms with E-state index in [1.807, 2.05) is 35.2 Å². The SMILES string of the molecule is O=C(CO)N1CCN(C(=O)C2(c3ccccc3)CC2)CC1. The summed E-state index contributed by atoms with van der Waals surface area (Å²) in [6, 6.07) is 9.96. The zero-order valence-corrected chi connectivity index (χ0v) is 12.0. The number of piperazine rings is 1. The van der Waals surface area contributed by atoms with Crippen molar-refractivity contribution in [2.45, 2.75) is 18.3 Å². The number of nitrogens with zero attached hydrogens (tertiary/aromatic N) is 2. The standard InChI is InChI=1S/C16H20N2O3/c19-12-14(20)17-8-10-18(11-9-17)15(21)16(6-7-16)13-4-2-1-3-5-13/h1-5,19H,6-12H2. The van der Waals surface area contributed by atoms with Gasteiger partial charge in [-0.25, -0.2) is 0 Å². The van der Waals surface area contributed by atoms with Crippen molar-refractivity contribution in [3.8, 4) is 0 Å². The van der Waals surface area contributed by atoms with E-state index >= 15 is 0 Å². The molecule has 0 bridgehead atoms. The molecule has 2 amide bonds. The van der Waals surface area contributed by atoms with Gasteiger partial charge in [-0.3, -0.25) is 9.59 Å². The second-order valence-corrected chi connectivity index (χ2v) is 5.78. The molecule has 1 N–H and O–H groups in total. The molecular weight excluding hydrogens is 268 g/mol. The summed E-state index contributed by atoms with van der Waals surface area (Å²) in [5, 5.41) is 8.88. The van der Waals surface area contributed by atoms with E-state index in [2.05, 4.69) is 0 Å². The molecule has 0 spiro atoms. The van der Waals surface area contributed by atoms with Crippen molar-refractivity contribution in [2.24, 2.45) is 0 Å². The average molecular weight is 288 g/mol. The molecular formula is C16H20N2O3. The van der Waals surface area contributed by atoms with Crippen molar-refractivity contribution in [1.29, 1.82) is 0 Å². The molecule has 2 aliphatic rings. The zero-order valence-electron chi connectivity index (χ0n) is 12.0. The highest BCUT2D eigenvalue weighted by Crippen LogP contribution is 2.49. The lowest BCUT2D eigenvalue weighted by molar-refractivity contribution is -0.142. The first-order valence-electron chi connectivity index (χ1n) is 7.41. The number of rotatable bonds is 3. The Labute approximate surface area is 124 Å². The Balaban J connectivity index is 1.66. The lowest BCUT2D eigenvalue weighted by atomic mass is 9.94. The third-order valence-electron chi connectivity index (χ3n) is 4.54. The van der Waals surface area contributed by atoms with Crippen molar-refractivity contribution < 1.29 is 14.7 Å². The number of aliphatic hydroxyl groups is 1. The summed E-state index contributed by atoms with van der Waals surface area (Å²) in [5.41, 5.74) is 0.772. The van der Waals surface area contributed by atoms with E-state index in [4.69, 9.17) is 5.11 Å². The van der Waals surface area contributed by atoms with Crippen molar-refractivity contribution in [2.75, 3.05) is 32.8 Å². The minimum absolute atomic E-state index is 0.185. The van der Waals surface area contributed by atoms with E-state index in [9.17, 15) is 9.59 Å². The van der Waals surface area contributed by atoms with Gasteiger partial charge in [0.15, 0.2) is 0 Å². The molecule has 2 fully saturated rings. The smallest absolute Gasteiger partial charge is 0.248 e. The molecule has 0 radical (unpaired) electrons. The Bertz CT molecular complexity index is 532. The second kappa shape index (κ2) is 5.48. The van der Waals surface area contributed by atoms with Crippen LogP contribution < -0.4 is 0 Å². The molecule has 1 aromatic carbocycles. The molecule has 5 nitrogen and oxygen atoms in total. The summed E-state index contributed by atoms with van der Waals surface area (Å²) in [6.07, 6.45) is 1.82. The van der Waals surface area contributed by atoms with Gasteiger partial charge < -0.3 is 14.9 Å². The number of amides is 2. The van der Waals surface area contributed by atoms with Crippen LogP contribution in [0.5, 0.6) is 0 Å². The lowest BCUT2D eigenvalue weighted by Gasteiger charge is -2.36. The number of benzene rings is 1. The van der Waals surface area contributed by atoms with Crippen molar-refractivity contribution in [3.05, 3.63) is 35.9 Å². The molecule has 1 aliphatic heterocycles. The second-order valence-electron chi connectivity index (χ2n) is 5.78. The fourth-order valence-corrected chi connectivity index (χ4v) is 3.07. The number of carbonyl (C=O) groups is 2. The van der Waals surface area contributed by atoms with Crippen LogP contribution in [-0.4, -0.2) is 59.5 Å². The van der Waals surface area contributed by atoms with E-state index in [0.29, 0.717) is 26.2 Å². The predicted octanol–water partition coefficient (Wildman–Crippen LogP) is 0.381. The Morgan fingerprint density at radius 2 is 1.57 bits per heavy atom. The van der Waals surface area contributed by atoms with Crippen LogP contribution in [0.2, 0.25) is 0 Å². The number of hydrogen-bond acceptors (Lipinski definition) is 3. The van der Waals surface area contributed by atoms with Gasteiger partial charge in [-0.15, -0.1) is 0 Å². The largest absolute Gasteiger partial charge is 0.387 e. The third kappa shape index (κ3) is 2.53. The topological polar surface area (TPSA) is 60.9 Å². The normalized spacial score (nSPS) is 20.2. The first-order chi connectivity index (χ1) is 10.2. The molecule has 1 aliphatic carbocycles. The van der Waals surface area contributed by atoms with Crippen LogP contribution >= 0.6 is 0 Å². The summed E-state index contributed by atoms with van der Waals surface area (Å²) in [4.78, 5) is 27.7. The molecule has 0 unspecified atom stereocenters. The van der Waals surface area contributed by atoms with Gasteiger partial charge in [-0.2, -0.15) is 0 Å². The van der Waals surface area contributed by atoms with Crippen LogP contribution in [0.3, 0.4) is 0 Å². The fourth-order valence-electron chi connectivity index (χ4n) is 3.07. The van der Waals surface area contributed by atoms with Gasteiger partial charge in [0.25, 0.3) is 0 Å². The molecule has 21 heavy (non-hydrogen) atoms. The number of aliphatic hydroxyl groups excluding tert-OH is 1. The summed E-state index contributed by atoms with van der Waals surface area (Å²) < 4.78 is 0. The highest BCUT2D eigenvalue weighted by Gasteiger charge is 2.53. The quantitative estimate of drug-likeness (QED) is 0.875. The maximum Gasteiger partial charge on any atom is 0.248 e. The molecule has 0 atom stereocenters. The zero-order chi connectivity index (χ0) is 14.9. The maximum absolute atomic E-state index is 12.8. The van der Waals surface area contributed by atoms with Crippen molar-refractivity contribution in [1.82, 2.24) is 9.80 Å². The summed E-state index contributed by atoms with van der Waals surface area (Å²) >= 11 is 0. The minimum Gasteiger partial charge on any atom is -0.387 e. The molecule has 1 saturated carbocycles. The van der Waals surface area contributed by atoms with Gasteiger partial charge >= 0.3 is 0 Å². The van der Waals surface area contributed by atoms with Crippen LogP contribution in [0.15, 0.2) is 30.3 Å². The van der Waals surface area contributed by atoms with Gasteiger partial charge in [-0.05, 0) is 18.4 Å². The molecule has 1 heterocycles. The summed E-state index contributed by atoms with van der Waals surface area (Å²) in [6.45, 7) is 1.67. The van der Waals surface area contributed by atoms with Gasteiger partial charge in [0.2, 0.25) is 11.8 Å². The van der Waals surface area contributed by atoms with Crippen LogP contribution in [-0.2, 0) is 15.0 Å². The Morgan fingerprint density at radius 3 is 2.10 bits per heavy atom. The highest BCUT2D eigenvalue weighted by molar-refractivity contribution is 5.91. The minimum atomic E-state index is -0.456. The van der Waals surface area contributed by atoms with E-state index in [0.717, 1.165) is 18.4 Å². The van der Waals surface area contributed by atoms with E-state index in [1.165, 1.54) is 0 Å². The number of hydrogen-bond donors (Lipinski definition) is 1. The summed E-state index contributed by atoms with van der Waals surface area (Å²) in [7, 11) is 0. The van der Waals surface area contributed by atoms with Crippen molar-refractivity contribution >= 4 is 11.8 Å². The van der Waals surface area contributed by atoms with Gasteiger partial charge in [-0.1, -0.05) is 30.3 Å². The monoisotopic (exact) mass is 288 g/mol. The van der Waals surface area contributed by atoms with Crippen LogP contribution in [0.4, 0.5) is 0 Å². The van der Waals surface area contributed by atoms with E-state index in [-0.39, 0.29) is 17.2 Å². The Kier molecular flexibility index (Phi) is 3.68. The van der Waals surface area contributed by atoms with E-state index in [1.54, 1.807) is 4.90 Å². The van der Waals surface area contributed by atoms with E-state index < -0.39 is 6.61 Å². The van der Waals surface area contributed by atoms with Crippen LogP contribution in [0, 0.1) is 0 Å². The molecule has 0 aromatic heterocycles. The lowest BCUT2D eigenvalue weighted by Crippen LogP contribution is -2.53. The van der Waals surface area contributed by atoms with Gasteiger partial charge in [0.05, 0.1) is 5.41 Å². The van der Waals surface area contributed by atoms with Crippen LogP contribution in [0.25, 0.3) is 0 Å².